The first-order valence-corrected chi connectivity index (χ1v) is 6.07. The van der Waals surface area contributed by atoms with Gasteiger partial charge in [0.15, 0.2) is 0 Å². The van der Waals surface area contributed by atoms with Gasteiger partial charge in [-0.05, 0) is 32.9 Å². The topological polar surface area (TPSA) is 41.9 Å². The quantitative estimate of drug-likeness (QED) is 0.684. The fourth-order valence-electron chi connectivity index (χ4n) is 1.68. The van der Waals surface area contributed by atoms with Crippen LogP contribution >= 0.6 is 0 Å². The van der Waals surface area contributed by atoms with Crippen LogP contribution in [0.3, 0.4) is 0 Å². The van der Waals surface area contributed by atoms with E-state index in [4.69, 9.17) is 0 Å². The van der Waals surface area contributed by atoms with Crippen LogP contribution in [0.2, 0.25) is 0 Å². The minimum Gasteiger partial charge on any atom is -0.315 e. The predicted molar refractivity (Wildman–Crippen MR) is 67.4 cm³/mol. The second kappa shape index (κ2) is 6.66. The van der Waals surface area contributed by atoms with Crippen LogP contribution < -0.4 is 10.6 Å². The first kappa shape index (κ1) is 13.2. The number of rotatable bonds is 7. The smallest absolute Gasteiger partial charge is 0.0597 e. The highest BCUT2D eigenvalue weighted by Gasteiger charge is 2.04. The van der Waals surface area contributed by atoms with Crippen molar-refractivity contribution < 1.29 is 0 Å². The summed E-state index contributed by atoms with van der Waals surface area (Å²) in [6.07, 6.45) is 1.19. The molecule has 0 aliphatic rings. The molecule has 0 radical (unpaired) electrons. The fourth-order valence-corrected chi connectivity index (χ4v) is 1.68. The maximum Gasteiger partial charge on any atom is 0.0597 e. The van der Waals surface area contributed by atoms with E-state index in [1.165, 1.54) is 12.1 Å². The monoisotopic (exact) mass is 224 g/mol. The molecular formula is C12H24N4. The molecule has 4 nitrogen and oxygen atoms in total. The Kier molecular flexibility index (Phi) is 5.49. The Morgan fingerprint density at radius 1 is 1.50 bits per heavy atom. The van der Waals surface area contributed by atoms with E-state index < -0.39 is 0 Å². The number of hydrogen-bond acceptors (Lipinski definition) is 3. The van der Waals surface area contributed by atoms with Gasteiger partial charge in [-0.2, -0.15) is 5.10 Å². The van der Waals surface area contributed by atoms with Crippen molar-refractivity contribution in [2.24, 2.45) is 7.05 Å². The number of nitrogens with one attached hydrogen (secondary N) is 2. The van der Waals surface area contributed by atoms with Gasteiger partial charge in [-0.1, -0.05) is 6.92 Å². The van der Waals surface area contributed by atoms with Crippen LogP contribution in [0.25, 0.3) is 0 Å². The van der Waals surface area contributed by atoms with Crippen molar-refractivity contribution in [3.05, 3.63) is 17.5 Å². The van der Waals surface area contributed by atoms with E-state index in [-0.39, 0.29) is 0 Å². The van der Waals surface area contributed by atoms with E-state index in [0.717, 1.165) is 25.3 Å². The highest BCUT2D eigenvalue weighted by Crippen LogP contribution is 2.01. The third-order valence-corrected chi connectivity index (χ3v) is 2.61. The molecule has 0 fully saturated rings. The van der Waals surface area contributed by atoms with Gasteiger partial charge in [-0.3, -0.25) is 4.68 Å². The third kappa shape index (κ3) is 4.33. The average Bonchev–Trinajstić information content (AvgIpc) is 2.55. The minimum absolute atomic E-state index is 0.488. The van der Waals surface area contributed by atoms with Crippen LogP contribution in [-0.2, 0) is 13.6 Å². The zero-order valence-electron chi connectivity index (χ0n) is 10.9. The largest absolute Gasteiger partial charge is 0.315 e. The second-order valence-corrected chi connectivity index (χ2v) is 4.39. The molecule has 0 aliphatic heterocycles. The van der Waals surface area contributed by atoms with Gasteiger partial charge in [-0.25, -0.2) is 0 Å². The SMILES string of the molecule is CCCNCC(C)NCc1cc(C)nn1C. The summed E-state index contributed by atoms with van der Waals surface area (Å²) in [6.45, 7) is 9.40. The highest BCUT2D eigenvalue weighted by atomic mass is 15.3. The summed E-state index contributed by atoms with van der Waals surface area (Å²) >= 11 is 0. The number of hydrogen-bond donors (Lipinski definition) is 2. The second-order valence-electron chi connectivity index (χ2n) is 4.39. The summed E-state index contributed by atoms with van der Waals surface area (Å²) in [6, 6.07) is 2.61. The standard InChI is InChI=1S/C12H24N4/c1-5-6-13-8-11(3)14-9-12-7-10(2)15-16(12)4/h7,11,13-14H,5-6,8-9H2,1-4H3. The lowest BCUT2D eigenvalue weighted by Crippen LogP contribution is -2.36. The van der Waals surface area contributed by atoms with Crippen LogP contribution in [0.1, 0.15) is 31.7 Å². The molecule has 0 aromatic carbocycles. The predicted octanol–water partition coefficient (Wildman–Crippen LogP) is 1.21. The maximum atomic E-state index is 4.33. The Morgan fingerprint density at radius 3 is 2.81 bits per heavy atom. The van der Waals surface area contributed by atoms with Gasteiger partial charge in [0.2, 0.25) is 0 Å². The van der Waals surface area contributed by atoms with Gasteiger partial charge >= 0.3 is 0 Å². The zero-order chi connectivity index (χ0) is 12.0. The Bertz CT molecular complexity index is 306. The molecule has 0 saturated heterocycles. The van der Waals surface area contributed by atoms with Crippen molar-refractivity contribution in [1.82, 2.24) is 20.4 Å². The van der Waals surface area contributed by atoms with Gasteiger partial charge in [0.1, 0.15) is 0 Å². The number of nitrogens with zero attached hydrogens (tertiary/aromatic N) is 2. The summed E-state index contributed by atoms with van der Waals surface area (Å²) in [5.74, 6) is 0. The van der Waals surface area contributed by atoms with Gasteiger partial charge in [-0.15, -0.1) is 0 Å². The van der Waals surface area contributed by atoms with E-state index in [0.29, 0.717) is 6.04 Å². The average molecular weight is 224 g/mol. The van der Waals surface area contributed by atoms with Gasteiger partial charge in [0.05, 0.1) is 11.4 Å². The first-order chi connectivity index (χ1) is 7.63. The Balaban J connectivity index is 2.26. The molecule has 0 bridgehead atoms. The summed E-state index contributed by atoms with van der Waals surface area (Å²) in [5.41, 5.74) is 2.32. The molecular weight excluding hydrogens is 200 g/mol. The Morgan fingerprint density at radius 2 is 2.25 bits per heavy atom. The van der Waals surface area contributed by atoms with Crippen LogP contribution in [0.5, 0.6) is 0 Å². The molecule has 0 aliphatic carbocycles. The molecule has 1 aromatic heterocycles. The molecule has 2 N–H and O–H groups in total. The normalized spacial score (nSPS) is 13.0. The van der Waals surface area contributed by atoms with Crippen molar-refractivity contribution in [3.8, 4) is 0 Å². The van der Waals surface area contributed by atoms with E-state index >= 15 is 0 Å². The van der Waals surface area contributed by atoms with Gasteiger partial charge in [0, 0.05) is 26.2 Å². The summed E-state index contributed by atoms with van der Waals surface area (Å²) in [7, 11) is 1.99. The Labute approximate surface area is 98.4 Å². The van der Waals surface area contributed by atoms with Crippen LogP contribution in [-0.4, -0.2) is 28.9 Å². The zero-order valence-corrected chi connectivity index (χ0v) is 10.9. The number of aryl methyl sites for hydroxylation is 2. The van der Waals surface area contributed by atoms with Crippen molar-refractivity contribution in [2.75, 3.05) is 13.1 Å². The molecule has 0 spiro atoms. The molecule has 4 heteroatoms. The van der Waals surface area contributed by atoms with Gasteiger partial charge < -0.3 is 10.6 Å². The van der Waals surface area contributed by atoms with Gasteiger partial charge in [0.25, 0.3) is 0 Å². The lowest BCUT2D eigenvalue weighted by Gasteiger charge is -2.14. The lowest BCUT2D eigenvalue weighted by atomic mass is 10.3. The molecule has 1 aromatic rings. The summed E-state index contributed by atoms with van der Waals surface area (Å²) in [5, 5.41) is 11.2. The van der Waals surface area contributed by atoms with Crippen LogP contribution in [0.4, 0.5) is 0 Å². The van der Waals surface area contributed by atoms with Crippen molar-refractivity contribution in [2.45, 2.75) is 39.8 Å². The van der Waals surface area contributed by atoms with Crippen LogP contribution in [0.15, 0.2) is 6.07 Å². The minimum atomic E-state index is 0.488. The van der Waals surface area contributed by atoms with Crippen molar-refractivity contribution >= 4 is 0 Å². The molecule has 0 amide bonds. The highest BCUT2D eigenvalue weighted by molar-refractivity contribution is 5.08. The molecule has 1 atom stereocenters. The molecule has 1 rings (SSSR count). The van der Waals surface area contributed by atoms with Crippen molar-refractivity contribution in [1.29, 1.82) is 0 Å². The maximum absolute atomic E-state index is 4.33. The molecule has 1 heterocycles. The van der Waals surface area contributed by atoms with E-state index in [1.54, 1.807) is 0 Å². The van der Waals surface area contributed by atoms with E-state index in [2.05, 4.69) is 35.6 Å². The molecule has 1 unspecified atom stereocenters. The molecule has 16 heavy (non-hydrogen) atoms. The van der Waals surface area contributed by atoms with E-state index in [9.17, 15) is 0 Å². The summed E-state index contributed by atoms with van der Waals surface area (Å²) in [4.78, 5) is 0. The molecule has 92 valence electrons. The molecule has 0 saturated carbocycles. The van der Waals surface area contributed by atoms with Crippen molar-refractivity contribution in [3.63, 3.8) is 0 Å². The fraction of sp³-hybridized carbons (Fsp3) is 0.750. The van der Waals surface area contributed by atoms with E-state index in [1.807, 2.05) is 18.7 Å². The number of aromatic nitrogens is 2. The Hall–Kier alpha value is -0.870. The first-order valence-electron chi connectivity index (χ1n) is 6.07. The third-order valence-electron chi connectivity index (χ3n) is 2.61. The van der Waals surface area contributed by atoms with Crippen LogP contribution in [0, 0.1) is 6.92 Å². The summed E-state index contributed by atoms with van der Waals surface area (Å²) < 4.78 is 1.94. The lowest BCUT2D eigenvalue weighted by molar-refractivity contribution is 0.490.